The van der Waals surface area contributed by atoms with Crippen LogP contribution in [0, 0.1) is 6.92 Å². The highest BCUT2D eigenvalue weighted by Gasteiger charge is 2.11. The first-order valence-corrected chi connectivity index (χ1v) is 8.75. The third kappa shape index (κ3) is 3.42. The zero-order valence-electron chi connectivity index (χ0n) is 12.5. The first kappa shape index (κ1) is 15.3. The Morgan fingerprint density at radius 1 is 1.09 bits per heavy atom. The van der Waals surface area contributed by atoms with Gasteiger partial charge in [0.05, 0.1) is 0 Å². The molecule has 0 bridgehead atoms. The number of nitrogens with zero attached hydrogens (tertiary/aromatic N) is 3. The molecule has 0 unspecified atom stereocenters. The molecule has 0 saturated heterocycles. The molecule has 3 rings (SSSR count). The van der Waals surface area contributed by atoms with E-state index in [0.717, 1.165) is 26.8 Å². The van der Waals surface area contributed by atoms with Gasteiger partial charge in [0.1, 0.15) is 0 Å². The highest BCUT2D eigenvalue weighted by atomic mass is 79.9. The van der Waals surface area contributed by atoms with Gasteiger partial charge in [-0.1, -0.05) is 63.6 Å². The van der Waals surface area contributed by atoms with Crippen molar-refractivity contribution in [2.45, 2.75) is 17.8 Å². The van der Waals surface area contributed by atoms with Crippen LogP contribution in [-0.2, 0) is 12.8 Å². The number of benzene rings is 2. The van der Waals surface area contributed by atoms with Crippen molar-refractivity contribution >= 4 is 27.7 Å². The van der Waals surface area contributed by atoms with Crippen molar-refractivity contribution in [2.24, 2.45) is 7.05 Å². The van der Waals surface area contributed by atoms with E-state index in [1.165, 1.54) is 11.1 Å². The van der Waals surface area contributed by atoms with Gasteiger partial charge in [0.2, 0.25) is 0 Å². The Morgan fingerprint density at radius 2 is 1.86 bits per heavy atom. The molecule has 0 fully saturated rings. The number of hydrogen-bond donors (Lipinski definition) is 0. The first-order valence-electron chi connectivity index (χ1n) is 6.97. The Hall–Kier alpha value is -1.59. The Kier molecular flexibility index (Phi) is 4.64. The Balaban J connectivity index is 1.77. The summed E-state index contributed by atoms with van der Waals surface area (Å²) in [6.45, 7) is 2.09. The van der Waals surface area contributed by atoms with E-state index in [0.29, 0.717) is 0 Å². The molecule has 0 aliphatic heterocycles. The van der Waals surface area contributed by atoms with E-state index in [2.05, 4.69) is 80.1 Å². The predicted octanol–water partition coefficient (Wildman–Crippen LogP) is 4.85. The summed E-state index contributed by atoms with van der Waals surface area (Å²) in [6.07, 6.45) is 0. The standard InChI is InChI=1S/C17H16BrN3S/c1-12-4-3-5-14(10-12)16-19-20-17(21(16)2)22-11-13-6-8-15(18)9-7-13/h3-10H,11H2,1-2H3. The van der Waals surface area contributed by atoms with Crippen LogP contribution in [0.1, 0.15) is 11.1 Å². The van der Waals surface area contributed by atoms with E-state index in [-0.39, 0.29) is 0 Å². The minimum Gasteiger partial charge on any atom is -0.305 e. The van der Waals surface area contributed by atoms with E-state index < -0.39 is 0 Å². The molecular formula is C17H16BrN3S. The maximum atomic E-state index is 4.34. The molecule has 0 radical (unpaired) electrons. The summed E-state index contributed by atoms with van der Waals surface area (Å²) in [5.74, 6) is 1.79. The maximum Gasteiger partial charge on any atom is 0.191 e. The van der Waals surface area contributed by atoms with Crippen LogP contribution in [0.15, 0.2) is 58.2 Å². The minimum absolute atomic E-state index is 0.882. The molecule has 0 aliphatic rings. The van der Waals surface area contributed by atoms with Gasteiger partial charge in [-0.2, -0.15) is 0 Å². The number of hydrogen-bond acceptors (Lipinski definition) is 3. The van der Waals surface area contributed by atoms with Crippen LogP contribution < -0.4 is 0 Å². The lowest BCUT2D eigenvalue weighted by molar-refractivity contribution is 0.794. The molecule has 112 valence electrons. The molecule has 0 N–H and O–H groups in total. The first-order chi connectivity index (χ1) is 10.6. The normalized spacial score (nSPS) is 10.9. The summed E-state index contributed by atoms with van der Waals surface area (Å²) in [5.41, 5.74) is 3.60. The summed E-state index contributed by atoms with van der Waals surface area (Å²) in [5, 5.41) is 9.59. The second-order valence-electron chi connectivity index (χ2n) is 5.15. The number of halogens is 1. The van der Waals surface area contributed by atoms with Crippen LogP contribution in [0.4, 0.5) is 0 Å². The monoisotopic (exact) mass is 373 g/mol. The van der Waals surface area contributed by atoms with Gasteiger partial charge in [-0.15, -0.1) is 10.2 Å². The highest BCUT2D eigenvalue weighted by Crippen LogP contribution is 2.26. The van der Waals surface area contributed by atoms with Crippen molar-refractivity contribution in [3.8, 4) is 11.4 Å². The van der Waals surface area contributed by atoms with Gasteiger partial charge in [0, 0.05) is 22.8 Å². The Bertz CT molecular complexity index is 781. The topological polar surface area (TPSA) is 30.7 Å². The molecule has 1 heterocycles. The molecule has 3 aromatic rings. The second kappa shape index (κ2) is 6.67. The Labute approximate surface area is 142 Å². The SMILES string of the molecule is Cc1cccc(-c2nnc(SCc3ccc(Br)cc3)n2C)c1. The molecular weight excluding hydrogens is 358 g/mol. The maximum absolute atomic E-state index is 4.34. The quantitative estimate of drug-likeness (QED) is 0.612. The molecule has 2 aromatic carbocycles. The van der Waals surface area contributed by atoms with Crippen molar-refractivity contribution in [2.75, 3.05) is 0 Å². The molecule has 0 saturated carbocycles. The summed E-state index contributed by atoms with van der Waals surface area (Å²) >= 11 is 5.15. The number of thioether (sulfide) groups is 1. The fourth-order valence-electron chi connectivity index (χ4n) is 2.20. The number of aromatic nitrogens is 3. The molecule has 22 heavy (non-hydrogen) atoms. The molecule has 5 heteroatoms. The fourth-order valence-corrected chi connectivity index (χ4v) is 3.34. The van der Waals surface area contributed by atoms with Crippen molar-refractivity contribution < 1.29 is 0 Å². The lowest BCUT2D eigenvalue weighted by atomic mass is 10.1. The summed E-state index contributed by atoms with van der Waals surface area (Å²) in [6, 6.07) is 16.7. The molecule has 0 atom stereocenters. The Morgan fingerprint density at radius 3 is 2.59 bits per heavy atom. The molecule has 0 spiro atoms. The van der Waals surface area contributed by atoms with Gasteiger partial charge < -0.3 is 4.57 Å². The molecule has 0 amide bonds. The van der Waals surface area contributed by atoms with Gasteiger partial charge in [0.15, 0.2) is 11.0 Å². The van der Waals surface area contributed by atoms with Crippen molar-refractivity contribution in [1.29, 1.82) is 0 Å². The van der Waals surface area contributed by atoms with Gasteiger partial charge >= 0.3 is 0 Å². The molecule has 1 aromatic heterocycles. The fraction of sp³-hybridized carbons (Fsp3) is 0.176. The predicted molar refractivity (Wildman–Crippen MR) is 94.9 cm³/mol. The molecule has 0 aliphatic carbocycles. The average Bonchev–Trinajstić information content (AvgIpc) is 2.88. The third-order valence-electron chi connectivity index (χ3n) is 3.39. The van der Waals surface area contributed by atoms with Gasteiger partial charge in [-0.25, -0.2) is 0 Å². The lowest BCUT2D eigenvalue weighted by Gasteiger charge is -2.05. The number of rotatable bonds is 4. The highest BCUT2D eigenvalue weighted by molar-refractivity contribution is 9.10. The summed E-state index contributed by atoms with van der Waals surface area (Å²) in [7, 11) is 2.02. The third-order valence-corrected chi connectivity index (χ3v) is 5.01. The number of aryl methyl sites for hydroxylation is 1. The van der Waals surface area contributed by atoms with E-state index in [1.54, 1.807) is 11.8 Å². The van der Waals surface area contributed by atoms with E-state index in [4.69, 9.17) is 0 Å². The average molecular weight is 374 g/mol. The largest absolute Gasteiger partial charge is 0.305 e. The van der Waals surface area contributed by atoms with Crippen molar-refractivity contribution in [1.82, 2.24) is 14.8 Å². The van der Waals surface area contributed by atoms with E-state index >= 15 is 0 Å². The van der Waals surface area contributed by atoms with Crippen LogP contribution in [0.25, 0.3) is 11.4 Å². The molecule has 3 nitrogen and oxygen atoms in total. The van der Waals surface area contributed by atoms with Gasteiger partial charge in [0.25, 0.3) is 0 Å². The van der Waals surface area contributed by atoms with E-state index in [9.17, 15) is 0 Å². The lowest BCUT2D eigenvalue weighted by Crippen LogP contribution is -1.95. The second-order valence-corrected chi connectivity index (χ2v) is 7.01. The van der Waals surface area contributed by atoms with Gasteiger partial charge in [-0.05, 0) is 30.7 Å². The smallest absolute Gasteiger partial charge is 0.191 e. The minimum atomic E-state index is 0.882. The van der Waals surface area contributed by atoms with Gasteiger partial charge in [-0.3, -0.25) is 0 Å². The van der Waals surface area contributed by atoms with Crippen LogP contribution in [0.5, 0.6) is 0 Å². The van der Waals surface area contributed by atoms with Crippen LogP contribution in [-0.4, -0.2) is 14.8 Å². The zero-order valence-corrected chi connectivity index (χ0v) is 14.9. The van der Waals surface area contributed by atoms with Crippen molar-refractivity contribution in [3.63, 3.8) is 0 Å². The van der Waals surface area contributed by atoms with Crippen molar-refractivity contribution in [3.05, 3.63) is 64.1 Å². The van der Waals surface area contributed by atoms with E-state index in [1.807, 2.05) is 13.1 Å². The van der Waals surface area contributed by atoms with Crippen LogP contribution >= 0.6 is 27.7 Å². The summed E-state index contributed by atoms with van der Waals surface area (Å²) < 4.78 is 3.15. The zero-order chi connectivity index (χ0) is 15.5. The van der Waals surface area contributed by atoms with Crippen LogP contribution in [0.2, 0.25) is 0 Å². The van der Waals surface area contributed by atoms with Crippen LogP contribution in [0.3, 0.4) is 0 Å². The summed E-state index contributed by atoms with van der Waals surface area (Å²) in [4.78, 5) is 0.